The average Bonchev–Trinajstić information content (AvgIpc) is 2.84. The first-order valence-corrected chi connectivity index (χ1v) is 6.96. The Kier molecular flexibility index (Phi) is 3.99. The van der Waals surface area contributed by atoms with Gasteiger partial charge in [0, 0.05) is 11.9 Å². The molecule has 1 aromatic heterocycles. The van der Waals surface area contributed by atoms with E-state index in [0.717, 1.165) is 11.3 Å². The van der Waals surface area contributed by atoms with Gasteiger partial charge in [-0.3, -0.25) is 14.4 Å². The van der Waals surface area contributed by atoms with E-state index in [1.54, 1.807) is 13.1 Å². The van der Waals surface area contributed by atoms with Gasteiger partial charge < -0.3 is 9.80 Å². The quantitative estimate of drug-likeness (QED) is 0.766. The van der Waals surface area contributed by atoms with E-state index in [1.807, 2.05) is 13.0 Å². The van der Waals surface area contributed by atoms with Crippen molar-refractivity contribution in [3.05, 3.63) is 21.9 Å². The van der Waals surface area contributed by atoms with Crippen LogP contribution in [0.15, 0.2) is 12.1 Å². The molecule has 0 aromatic carbocycles. The van der Waals surface area contributed by atoms with Gasteiger partial charge in [-0.05, 0) is 18.6 Å². The van der Waals surface area contributed by atoms with Crippen molar-refractivity contribution in [2.24, 2.45) is 0 Å². The van der Waals surface area contributed by atoms with Gasteiger partial charge in [0.25, 0.3) is 0 Å². The fourth-order valence-corrected chi connectivity index (χ4v) is 2.75. The first-order valence-electron chi connectivity index (χ1n) is 6.15. The standard InChI is InChI=1S/C13H16N2O3S/c1-3-9-4-5-11(19-9)10(16)6-15-8-12(17)14(2)7-13(15)18/h4-5H,3,6-8H2,1-2H3. The van der Waals surface area contributed by atoms with E-state index in [9.17, 15) is 14.4 Å². The number of piperazine rings is 1. The van der Waals surface area contributed by atoms with Crippen LogP contribution in [0.25, 0.3) is 0 Å². The van der Waals surface area contributed by atoms with E-state index in [2.05, 4.69) is 0 Å². The molecular formula is C13H16N2O3S. The zero-order chi connectivity index (χ0) is 14.0. The van der Waals surface area contributed by atoms with Crippen LogP contribution in [0.4, 0.5) is 0 Å². The lowest BCUT2D eigenvalue weighted by atomic mass is 10.2. The molecule has 19 heavy (non-hydrogen) atoms. The predicted octanol–water partition coefficient (Wildman–Crippen LogP) is 0.794. The highest BCUT2D eigenvalue weighted by atomic mass is 32.1. The van der Waals surface area contributed by atoms with Crippen LogP contribution in [0.5, 0.6) is 0 Å². The molecule has 0 aliphatic carbocycles. The molecule has 0 radical (unpaired) electrons. The molecule has 1 aliphatic heterocycles. The van der Waals surface area contributed by atoms with E-state index in [4.69, 9.17) is 0 Å². The highest BCUT2D eigenvalue weighted by Gasteiger charge is 2.29. The number of amides is 2. The lowest BCUT2D eigenvalue weighted by Gasteiger charge is -2.30. The zero-order valence-electron chi connectivity index (χ0n) is 11.0. The second-order valence-electron chi connectivity index (χ2n) is 4.54. The number of rotatable bonds is 4. The van der Waals surface area contributed by atoms with Crippen molar-refractivity contribution in [1.82, 2.24) is 9.80 Å². The summed E-state index contributed by atoms with van der Waals surface area (Å²) in [5, 5.41) is 0. The van der Waals surface area contributed by atoms with Gasteiger partial charge in [0.1, 0.15) is 6.54 Å². The van der Waals surface area contributed by atoms with Crippen LogP contribution in [0.3, 0.4) is 0 Å². The number of nitrogens with zero attached hydrogens (tertiary/aromatic N) is 2. The summed E-state index contributed by atoms with van der Waals surface area (Å²) in [6, 6.07) is 3.71. The molecule has 1 fully saturated rings. The molecule has 6 heteroatoms. The Morgan fingerprint density at radius 3 is 2.63 bits per heavy atom. The summed E-state index contributed by atoms with van der Waals surface area (Å²) in [5.74, 6) is -0.411. The summed E-state index contributed by atoms with van der Waals surface area (Å²) in [6.45, 7) is 2.06. The number of carbonyl (C=O) groups is 3. The molecule has 1 saturated heterocycles. The van der Waals surface area contributed by atoms with Crippen LogP contribution in [0, 0.1) is 0 Å². The summed E-state index contributed by atoms with van der Waals surface area (Å²) in [5.41, 5.74) is 0. The van der Waals surface area contributed by atoms with Crippen LogP contribution in [-0.4, -0.2) is 54.1 Å². The van der Waals surface area contributed by atoms with Crippen molar-refractivity contribution in [3.8, 4) is 0 Å². The minimum absolute atomic E-state index is 0.00686. The third-order valence-electron chi connectivity index (χ3n) is 3.10. The van der Waals surface area contributed by atoms with E-state index in [-0.39, 0.29) is 37.2 Å². The highest BCUT2D eigenvalue weighted by Crippen LogP contribution is 2.18. The van der Waals surface area contributed by atoms with Gasteiger partial charge in [-0.1, -0.05) is 6.92 Å². The van der Waals surface area contributed by atoms with Crippen LogP contribution in [-0.2, 0) is 16.0 Å². The molecule has 1 aromatic rings. The maximum Gasteiger partial charge on any atom is 0.243 e. The molecule has 0 saturated carbocycles. The Morgan fingerprint density at radius 2 is 2.00 bits per heavy atom. The van der Waals surface area contributed by atoms with Crippen molar-refractivity contribution in [3.63, 3.8) is 0 Å². The van der Waals surface area contributed by atoms with Crippen LogP contribution < -0.4 is 0 Å². The third kappa shape index (κ3) is 3.01. The molecule has 2 rings (SSSR count). The van der Waals surface area contributed by atoms with E-state index < -0.39 is 0 Å². The number of aryl methyl sites for hydroxylation is 1. The minimum atomic E-state index is -0.178. The summed E-state index contributed by atoms with van der Waals surface area (Å²) < 4.78 is 0. The topological polar surface area (TPSA) is 57.7 Å². The average molecular weight is 280 g/mol. The Balaban J connectivity index is 2.02. The van der Waals surface area contributed by atoms with E-state index >= 15 is 0 Å². The Hall–Kier alpha value is -1.69. The number of hydrogen-bond acceptors (Lipinski definition) is 4. The van der Waals surface area contributed by atoms with Crippen molar-refractivity contribution in [2.45, 2.75) is 13.3 Å². The molecule has 2 heterocycles. The predicted molar refractivity (Wildman–Crippen MR) is 72.2 cm³/mol. The number of ketones is 1. The van der Waals surface area contributed by atoms with Crippen molar-refractivity contribution in [1.29, 1.82) is 0 Å². The lowest BCUT2D eigenvalue weighted by Crippen LogP contribution is -2.53. The normalized spacial score (nSPS) is 16.1. The first kappa shape index (κ1) is 13.7. The highest BCUT2D eigenvalue weighted by molar-refractivity contribution is 7.14. The second-order valence-corrected chi connectivity index (χ2v) is 5.71. The summed E-state index contributed by atoms with van der Waals surface area (Å²) >= 11 is 1.45. The lowest BCUT2D eigenvalue weighted by molar-refractivity contribution is -0.148. The van der Waals surface area contributed by atoms with Crippen molar-refractivity contribution >= 4 is 28.9 Å². The van der Waals surface area contributed by atoms with Gasteiger partial charge in [0.2, 0.25) is 11.8 Å². The zero-order valence-corrected chi connectivity index (χ0v) is 11.8. The Labute approximate surface area is 115 Å². The Bertz CT molecular complexity index is 524. The summed E-state index contributed by atoms with van der Waals surface area (Å²) in [7, 11) is 1.59. The third-order valence-corrected chi connectivity index (χ3v) is 4.37. The molecular weight excluding hydrogens is 264 g/mol. The Morgan fingerprint density at radius 1 is 1.26 bits per heavy atom. The smallest absolute Gasteiger partial charge is 0.243 e. The van der Waals surface area contributed by atoms with Crippen LogP contribution in [0.2, 0.25) is 0 Å². The number of carbonyl (C=O) groups excluding carboxylic acids is 3. The van der Waals surface area contributed by atoms with Crippen LogP contribution >= 0.6 is 11.3 Å². The molecule has 0 unspecified atom stereocenters. The molecule has 0 N–H and O–H groups in total. The fraction of sp³-hybridized carbons (Fsp3) is 0.462. The van der Waals surface area contributed by atoms with Gasteiger partial charge in [0.05, 0.1) is 18.0 Å². The van der Waals surface area contributed by atoms with Gasteiger partial charge in [-0.25, -0.2) is 0 Å². The number of thiophene rings is 1. The number of hydrogen-bond donors (Lipinski definition) is 0. The first-order chi connectivity index (χ1) is 9.01. The van der Waals surface area contributed by atoms with Gasteiger partial charge >= 0.3 is 0 Å². The summed E-state index contributed by atoms with van der Waals surface area (Å²) in [4.78, 5) is 39.9. The molecule has 5 nitrogen and oxygen atoms in total. The van der Waals surface area contributed by atoms with Gasteiger partial charge in [0.15, 0.2) is 5.78 Å². The fourth-order valence-electron chi connectivity index (χ4n) is 1.88. The maximum atomic E-state index is 12.1. The number of likely N-dealkylation sites (N-methyl/N-ethyl adjacent to an activating group) is 1. The van der Waals surface area contributed by atoms with Crippen molar-refractivity contribution in [2.75, 3.05) is 26.7 Å². The molecule has 0 bridgehead atoms. The van der Waals surface area contributed by atoms with Crippen molar-refractivity contribution < 1.29 is 14.4 Å². The van der Waals surface area contributed by atoms with Crippen LogP contribution in [0.1, 0.15) is 21.5 Å². The molecule has 0 atom stereocenters. The van der Waals surface area contributed by atoms with E-state index in [1.165, 1.54) is 21.1 Å². The molecule has 102 valence electrons. The summed E-state index contributed by atoms with van der Waals surface area (Å²) in [6.07, 6.45) is 0.893. The maximum absolute atomic E-state index is 12.1. The molecule has 2 amide bonds. The monoisotopic (exact) mass is 280 g/mol. The van der Waals surface area contributed by atoms with E-state index in [0.29, 0.717) is 4.88 Å². The largest absolute Gasteiger partial charge is 0.335 e. The minimum Gasteiger partial charge on any atom is -0.335 e. The number of Topliss-reactive ketones (excluding diaryl/α,β-unsaturated/α-hetero) is 1. The second kappa shape index (κ2) is 5.52. The van der Waals surface area contributed by atoms with Gasteiger partial charge in [-0.2, -0.15) is 0 Å². The molecule has 0 spiro atoms. The molecule has 1 aliphatic rings. The SMILES string of the molecule is CCc1ccc(C(=O)CN2CC(=O)N(C)CC2=O)s1. The van der Waals surface area contributed by atoms with Gasteiger partial charge in [-0.15, -0.1) is 11.3 Å².